The van der Waals surface area contributed by atoms with Crippen LogP contribution in [0.25, 0.3) is 11.5 Å². The van der Waals surface area contributed by atoms with Crippen LogP contribution in [-0.4, -0.2) is 21.4 Å². The lowest BCUT2D eigenvalue weighted by Gasteiger charge is -2.11. The molecule has 1 aromatic heterocycles. The van der Waals surface area contributed by atoms with Crippen LogP contribution >= 0.6 is 0 Å². The average Bonchev–Trinajstić information content (AvgIpc) is 3.09. The fraction of sp³-hybridized carbons (Fsp3) is 0.118. The number of para-hydroxylation sites is 1. The summed E-state index contributed by atoms with van der Waals surface area (Å²) < 4.78 is 43.4. The molecule has 2 aromatic carbocycles. The molecule has 27 heavy (non-hydrogen) atoms. The van der Waals surface area contributed by atoms with E-state index in [0.717, 1.165) is 12.1 Å². The second-order valence-corrected chi connectivity index (χ2v) is 5.41. The number of carbonyl (C=O) groups is 1. The fourth-order valence-corrected chi connectivity index (χ4v) is 2.26. The maximum atomic E-state index is 12.7. The molecule has 10 heteroatoms. The third-order valence-corrected chi connectivity index (χ3v) is 3.51. The summed E-state index contributed by atoms with van der Waals surface area (Å²) in [5, 5.41) is 21.3. The number of nitrogens with zero attached hydrogens (tertiary/aromatic N) is 2. The maximum absolute atomic E-state index is 12.7. The van der Waals surface area contributed by atoms with Gasteiger partial charge in [0.2, 0.25) is 11.8 Å². The molecule has 7 nitrogen and oxygen atoms in total. The molecule has 3 rings (SSSR count). The Bertz CT molecular complexity index is 939. The topological polar surface area (TPSA) is 100 Å². The molecule has 0 fully saturated rings. The van der Waals surface area contributed by atoms with Gasteiger partial charge < -0.3 is 20.2 Å². The molecular formula is C17H13F3N4O3. The lowest BCUT2D eigenvalue weighted by molar-refractivity contribution is -0.137. The highest BCUT2D eigenvalue weighted by atomic mass is 19.4. The molecule has 0 bridgehead atoms. The summed E-state index contributed by atoms with van der Waals surface area (Å²) in [6.45, 7) is -0.142. The van der Waals surface area contributed by atoms with Crippen LogP contribution in [0.5, 0.6) is 0 Å². The molecule has 0 saturated heterocycles. The van der Waals surface area contributed by atoms with Crippen molar-refractivity contribution in [1.29, 1.82) is 0 Å². The van der Waals surface area contributed by atoms with Crippen molar-refractivity contribution in [2.75, 3.05) is 5.32 Å². The molecule has 0 spiro atoms. The number of carboxylic acid groups (broad SMARTS) is 1. The number of anilines is 2. The van der Waals surface area contributed by atoms with Gasteiger partial charge in [0.1, 0.15) is 0 Å². The van der Waals surface area contributed by atoms with Crippen LogP contribution in [0.15, 0.2) is 52.9 Å². The van der Waals surface area contributed by atoms with Gasteiger partial charge in [-0.2, -0.15) is 13.2 Å². The van der Waals surface area contributed by atoms with Crippen LogP contribution in [0, 0.1) is 0 Å². The minimum atomic E-state index is -4.40. The molecule has 1 heterocycles. The van der Waals surface area contributed by atoms with Crippen LogP contribution in [-0.2, 0) is 12.7 Å². The van der Waals surface area contributed by atoms with Crippen LogP contribution in [0.3, 0.4) is 0 Å². The molecule has 0 aliphatic heterocycles. The van der Waals surface area contributed by atoms with Crippen LogP contribution in [0.1, 0.15) is 11.5 Å². The zero-order valence-electron chi connectivity index (χ0n) is 13.6. The highest BCUT2D eigenvalue weighted by Gasteiger charge is 2.29. The van der Waals surface area contributed by atoms with E-state index in [-0.39, 0.29) is 18.3 Å². The molecule has 1 amide bonds. The number of hydrogen-bond donors (Lipinski definition) is 3. The number of halogens is 3. The summed E-state index contributed by atoms with van der Waals surface area (Å²) in [5.74, 6) is 0.226. The third-order valence-electron chi connectivity index (χ3n) is 3.51. The molecule has 0 aliphatic rings. The van der Waals surface area contributed by atoms with Crippen molar-refractivity contribution < 1.29 is 27.5 Å². The number of benzene rings is 2. The van der Waals surface area contributed by atoms with E-state index in [1.165, 1.54) is 12.1 Å². The van der Waals surface area contributed by atoms with E-state index >= 15 is 0 Å². The van der Waals surface area contributed by atoms with E-state index in [2.05, 4.69) is 20.8 Å². The van der Waals surface area contributed by atoms with E-state index in [1.807, 2.05) is 0 Å². The van der Waals surface area contributed by atoms with Gasteiger partial charge in [-0.25, -0.2) is 4.79 Å². The van der Waals surface area contributed by atoms with Gasteiger partial charge in [-0.15, -0.1) is 10.2 Å². The summed E-state index contributed by atoms with van der Waals surface area (Å²) in [4.78, 5) is 10.5. The van der Waals surface area contributed by atoms with Crippen LogP contribution < -0.4 is 10.6 Å². The van der Waals surface area contributed by atoms with Gasteiger partial charge in [-0.1, -0.05) is 12.1 Å². The van der Waals surface area contributed by atoms with E-state index in [4.69, 9.17) is 9.52 Å². The Morgan fingerprint density at radius 1 is 1.07 bits per heavy atom. The van der Waals surface area contributed by atoms with Gasteiger partial charge in [-0.3, -0.25) is 0 Å². The molecule has 0 aliphatic carbocycles. The average molecular weight is 378 g/mol. The van der Waals surface area contributed by atoms with Gasteiger partial charge in [0.05, 0.1) is 23.4 Å². The largest absolute Gasteiger partial charge is 0.465 e. The second kappa shape index (κ2) is 7.36. The Morgan fingerprint density at radius 2 is 1.78 bits per heavy atom. The van der Waals surface area contributed by atoms with Crippen molar-refractivity contribution >= 4 is 17.5 Å². The third kappa shape index (κ3) is 4.54. The van der Waals surface area contributed by atoms with Crippen molar-refractivity contribution in [2.45, 2.75) is 12.7 Å². The number of amides is 1. The first-order valence-electron chi connectivity index (χ1n) is 7.66. The van der Waals surface area contributed by atoms with Crippen molar-refractivity contribution in [2.24, 2.45) is 0 Å². The summed E-state index contributed by atoms with van der Waals surface area (Å²) in [5.41, 5.74) is 0.765. The summed E-state index contributed by atoms with van der Waals surface area (Å²) in [6, 6.07) is 11.4. The Hall–Kier alpha value is -3.56. The SMILES string of the molecule is O=C(O)NCc1nnc(-c2ccccc2Nc2ccc(C(F)(F)F)cc2)o1. The quantitative estimate of drug-likeness (QED) is 0.613. The minimum Gasteiger partial charge on any atom is -0.465 e. The standard InChI is InChI=1S/C17H13F3N4O3/c18-17(19,20)10-5-7-11(8-6-10)22-13-4-2-1-3-12(13)15-24-23-14(27-15)9-21-16(25)26/h1-8,21-22H,9H2,(H,25,26). The van der Waals surface area contributed by atoms with Crippen LogP contribution in [0.2, 0.25) is 0 Å². The first-order chi connectivity index (χ1) is 12.8. The molecule has 3 N–H and O–H groups in total. The summed E-state index contributed by atoms with van der Waals surface area (Å²) in [7, 11) is 0. The molecule has 0 radical (unpaired) electrons. The van der Waals surface area contributed by atoms with Crippen molar-refractivity contribution in [3.63, 3.8) is 0 Å². The highest BCUT2D eigenvalue weighted by molar-refractivity contribution is 5.76. The Labute approximate surface area is 150 Å². The monoisotopic (exact) mass is 378 g/mol. The Balaban J connectivity index is 1.81. The highest BCUT2D eigenvalue weighted by Crippen LogP contribution is 2.32. The molecule has 140 valence electrons. The Kier molecular flexibility index (Phi) is 4.97. The molecule has 0 saturated carbocycles. The smallest absolute Gasteiger partial charge is 0.416 e. The zero-order chi connectivity index (χ0) is 19.4. The predicted octanol–water partition coefficient (Wildman–Crippen LogP) is 4.27. The minimum absolute atomic E-state index is 0.0803. The molecule has 3 aromatic rings. The van der Waals surface area contributed by atoms with Gasteiger partial charge in [0.25, 0.3) is 0 Å². The number of rotatable bonds is 5. The van der Waals surface area contributed by atoms with Crippen molar-refractivity contribution in [1.82, 2.24) is 15.5 Å². The molecule has 0 atom stereocenters. The van der Waals surface area contributed by atoms with Crippen molar-refractivity contribution in [3.8, 4) is 11.5 Å². The second-order valence-electron chi connectivity index (χ2n) is 5.41. The van der Waals surface area contributed by atoms with Crippen molar-refractivity contribution in [3.05, 3.63) is 60.0 Å². The van der Waals surface area contributed by atoms with E-state index in [9.17, 15) is 18.0 Å². The van der Waals surface area contributed by atoms with Gasteiger partial charge >= 0.3 is 12.3 Å². The zero-order valence-corrected chi connectivity index (χ0v) is 13.6. The number of aromatic nitrogens is 2. The molecule has 0 unspecified atom stereocenters. The van der Waals surface area contributed by atoms with Gasteiger partial charge in [-0.05, 0) is 36.4 Å². The maximum Gasteiger partial charge on any atom is 0.416 e. The summed E-state index contributed by atoms with van der Waals surface area (Å²) >= 11 is 0. The number of nitrogens with one attached hydrogen (secondary N) is 2. The van der Waals surface area contributed by atoms with Gasteiger partial charge in [0, 0.05) is 5.69 Å². The lowest BCUT2D eigenvalue weighted by Crippen LogP contribution is -2.20. The van der Waals surface area contributed by atoms with Gasteiger partial charge in [0.15, 0.2) is 0 Å². The fourth-order valence-electron chi connectivity index (χ4n) is 2.26. The first kappa shape index (κ1) is 18.2. The van der Waals surface area contributed by atoms with E-state index in [1.54, 1.807) is 24.3 Å². The molecular weight excluding hydrogens is 365 g/mol. The van der Waals surface area contributed by atoms with E-state index < -0.39 is 17.8 Å². The predicted molar refractivity (Wildman–Crippen MR) is 89.3 cm³/mol. The Morgan fingerprint density at radius 3 is 2.44 bits per heavy atom. The number of hydrogen-bond acceptors (Lipinski definition) is 5. The lowest BCUT2D eigenvalue weighted by atomic mass is 10.1. The van der Waals surface area contributed by atoms with E-state index in [0.29, 0.717) is 16.9 Å². The normalized spacial score (nSPS) is 11.2. The first-order valence-corrected chi connectivity index (χ1v) is 7.66. The number of alkyl halides is 3. The summed E-state index contributed by atoms with van der Waals surface area (Å²) in [6.07, 6.45) is -5.63. The van der Waals surface area contributed by atoms with Crippen LogP contribution in [0.4, 0.5) is 29.3 Å².